The molecule has 0 saturated heterocycles. The van der Waals surface area contributed by atoms with Gasteiger partial charge in [-0.1, -0.05) is 25.1 Å². The van der Waals surface area contributed by atoms with Gasteiger partial charge in [-0.05, 0) is 42.8 Å². The maximum Gasteiger partial charge on any atom is 0.274 e. The lowest BCUT2D eigenvalue weighted by Crippen LogP contribution is -2.31. The molecule has 0 aliphatic carbocycles. The zero-order valence-electron chi connectivity index (χ0n) is 12.3. The van der Waals surface area contributed by atoms with E-state index in [1.54, 1.807) is 22.5 Å². The predicted octanol–water partition coefficient (Wildman–Crippen LogP) is 2.86. The summed E-state index contributed by atoms with van der Waals surface area (Å²) in [6.45, 7) is 2.62. The summed E-state index contributed by atoms with van der Waals surface area (Å²) < 4.78 is 0. The van der Waals surface area contributed by atoms with Gasteiger partial charge in [0.1, 0.15) is 0 Å². The van der Waals surface area contributed by atoms with Gasteiger partial charge in [0.25, 0.3) is 11.8 Å². The minimum Gasteiger partial charge on any atom is -0.308 e. The molecule has 0 bridgehead atoms. The third-order valence-electron chi connectivity index (χ3n) is 3.26. The van der Waals surface area contributed by atoms with Crippen LogP contribution in [-0.4, -0.2) is 23.6 Å². The largest absolute Gasteiger partial charge is 0.308 e. The van der Waals surface area contributed by atoms with Gasteiger partial charge in [-0.3, -0.25) is 14.8 Å². The van der Waals surface area contributed by atoms with Crippen molar-refractivity contribution in [1.29, 1.82) is 0 Å². The first-order chi connectivity index (χ1) is 10.7. The van der Waals surface area contributed by atoms with Gasteiger partial charge in [0.05, 0.1) is 0 Å². The van der Waals surface area contributed by atoms with Gasteiger partial charge in [-0.25, -0.2) is 5.48 Å². The summed E-state index contributed by atoms with van der Waals surface area (Å²) in [5, 5.41) is 8.60. The number of nitrogens with zero attached hydrogens (tertiary/aromatic N) is 1. The summed E-state index contributed by atoms with van der Waals surface area (Å²) in [7, 11) is 0. The molecular formula is C17H18N2O3. The molecule has 2 aromatic rings. The molecule has 0 aromatic heterocycles. The number of hydrogen-bond acceptors (Lipinski definition) is 3. The highest BCUT2D eigenvalue weighted by Crippen LogP contribution is 2.17. The van der Waals surface area contributed by atoms with Crippen molar-refractivity contribution < 1.29 is 14.8 Å². The first-order valence-electron chi connectivity index (χ1n) is 7.08. The highest BCUT2D eigenvalue weighted by molar-refractivity contribution is 6.06. The van der Waals surface area contributed by atoms with Crippen LogP contribution in [0.3, 0.4) is 0 Å². The number of carbonyl (C=O) groups is 2. The van der Waals surface area contributed by atoms with E-state index < -0.39 is 5.91 Å². The lowest BCUT2D eigenvalue weighted by Gasteiger charge is -2.22. The Morgan fingerprint density at radius 2 is 1.59 bits per heavy atom. The highest BCUT2D eigenvalue weighted by Gasteiger charge is 2.17. The molecule has 2 amide bonds. The SMILES string of the molecule is CCCN(C(=O)c1ccc(C(=O)NO)cc1)c1ccccc1. The number of nitrogens with one attached hydrogen (secondary N) is 1. The number of rotatable bonds is 5. The molecule has 22 heavy (non-hydrogen) atoms. The summed E-state index contributed by atoms with van der Waals surface area (Å²) in [4.78, 5) is 25.7. The van der Waals surface area contributed by atoms with Crippen LogP contribution in [0.2, 0.25) is 0 Å². The van der Waals surface area contributed by atoms with Gasteiger partial charge < -0.3 is 4.90 Å². The van der Waals surface area contributed by atoms with Crippen LogP contribution in [0.25, 0.3) is 0 Å². The fourth-order valence-electron chi connectivity index (χ4n) is 2.16. The van der Waals surface area contributed by atoms with Gasteiger partial charge in [0.15, 0.2) is 0 Å². The lowest BCUT2D eigenvalue weighted by molar-refractivity contribution is 0.0706. The van der Waals surface area contributed by atoms with Crippen molar-refractivity contribution in [3.8, 4) is 0 Å². The number of para-hydroxylation sites is 1. The first-order valence-corrected chi connectivity index (χ1v) is 7.08. The maximum atomic E-state index is 12.7. The second-order valence-electron chi connectivity index (χ2n) is 4.81. The van der Waals surface area contributed by atoms with Crippen LogP contribution in [-0.2, 0) is 0 Å². The number of anilines is 1. The van der Waals surface area contributed by atoms with E-state index in [1.165, 1.54) is 12.1 Å². The molecule has 5 nitrogen and oxygen atoms in total. The minimum atomic E-state index is -0.604. The summed E-state index contributed by atoms with van der Waals surface area (Å²) in [5.74, 6) is -0.725. The van der Waals surface area contributed by atoms with Crippen molar-refractivity contribution >= 4 is 17.5 Å². The van der Waals surface area contributed by atoms with E-state index in [-0.39, 0.29) is 5.91 Å². The van der Waals surface area contributed by atoms with Crippen LogP contribution in [0.4, 0.5) is 5.69 Å². The number of carbonyl (C=O) groups excluding carboxylic acids is 2. The average Bonchev–Trinajstić information content (AvgIpc) is 2.59. The smallest absolute Gasteiger partial charge is 0.274 e. The van der Waals surface area contributed by atoms with E-state index in [1.807, 2.05) is 37.3 Å². The van der Waals surface area contributed by atoms with Crippen LogP contribution in [0.1, 0.15) is 34.1 Å². The highest BCUT2D eigenvalue weighted by atomic mass is 16.5. The molecular weight excluding hydrogens is 280 g/mol. The topological polar surface area (TPSA) is 69.6 Å². The van der Waals surface area contributed by atoms with E-state index in [2.05, 4.69) is 0 Å². The Labute approximate surface area is 129 Å². The zero-order chi connectivity index (χ0) is 15.9. The van der Waals surface area contributed by atoms with Crippen LogP contribution in [0.15, 0.2) is 54.6 Å². The maximum absolute atomic E-state index is 12.7. The van der Waals surface area contributed by atoms with Gasteiger partial charge in [-0.15, -0.1) is 0 Å². The Kier molecular flexibility index (Phi) is 5.27. The Bertz CT molecular complexity index is 639. The average molecular weight is 298 g/mol. The monoisotopic (exact) mass is 298 g/mol. The standard InChI is InChI=1S/C17H18N2O3/c1-2-12-19(15-6-4-3-5-7-15)17(21)14-10-8-13(9-11-14)16(20)18-22/h3-11,22H,2,12H2,1H3,(H,18,20). The fraction of sp³-hybridized carbons (Fsp3) is 0.176. The minimum absolute atomic E-state index is 0.121. The van der Waals surface area contributed by atoms with Crippen molar-refractivity contribution in [2.75, 3.05) is 11.4 Å². The Morgan fingerprint density at radius 3 is 2.14 bits per heavy atom. The normalized spacial score (nSPS) is 10.1. The molecule has 0 saturated carbocycles. The number of benzene rings is 2. The molecule has 0 fully saturated rings. The number of amides is 2. The first kappa shape index (κ1) is 15.7. The summed E-state index contributed by atoms with van der Waals surface area (Å²) in [6.07, 6.45) is 0.839. The van der Waals surface area contributed by atoms with E-state index in [0.717, 1.165) is 12.1 Å². The molecule has 0 atom stereocenters. The molecule has 0 heterocycles. The second kappa shape index (κ2) is 7.38. The van der Waals surface area contributed by atoms with Crippen LogP contribution in [0, 0.1) is 0 Å². The molecule has 2 rings (SSSR count). The third-order valence-corrected chi connectivity index (χ3v) is 3.26. The summed E-state index contributed by atoms with van der Waals surface area (Å²) >= 11 is 0. The Morgan fingerprint density at radius 1 is 1.00 bits per heavy atom. The van der Waals surface area contributed by atoms with Gasteiger partial charge in [0, 0.05) is 23.4 Å². The predicted molar refractivity (Wildman–Crippen MR) is 84.1 cm³/mol. The lowest BCUT2D eigenvalue weighted by atomic mass is 10.1. The number of hydroxylamine groups is 1. The van der Waals surface area contributed by atoms with Crippen molar-refractivity contribution in [2.24, 2.45) is 0 Å². The van der Waals surface area contributed by atoms with E-state index in [4.69, 9.17) is 5.21 Å². The molecule has 0 aliphatic rings. The summed E-state index contributed by atoms with van der Waals surface area (Å²) in [5.41, 5.74) is 3.19. The van der Waals surface area contributed by atoms with Crippen molar-refractivity contribution in [2.45, 2.75) is 13.3 Å². The van der Waals surface area contributed by atoms with Crippen LogP contribution in [0.5, 0.6) is 0 Å². The van der Waals surface area contributed by atoms with Crippen molar-refractivity contribution in [3.63, 3.8) is 0 Å². The fourth-order valence-corrected chi connectivity index (χ4v) is 2.16. The van der Waals surface area contributed by atoms with Gasteiger partial charge in [-0.2, -0.15) is 0 Å². The zero-order valence-corrected chi connectivity index (χ0v) is 12.3. The van der Waals surface area contributed by atoms with E-state index >= 15 is 0 Å². The van der Waals surface area contributed by atoms with E-state index in [0.29, 0.717) is 17.7 Å². The van der Waals surface area contributed by atoms with E-state index in [9.17, 15) is 9.59 Å². The summed E-state index contributed by atoms with van der Waals surface area (Å²) in [6, 6.07) is 15.6. The molecule has 114 valence electrons. The van der Waals surface area contributed by atoms with Crippen molar-refractivity contribution in [1.82, 2.24) is 5.48 Å². The third kappa shape index (κ3) is 3.51. The van der Waals surface area contributed by atoms with Crippen molar-refractivity contribution in [3.05, 3.63) is 65.7 Å². The molecule has 5 heteroatoms. The molecule has 0 spiro atoms. The molecule has 2 N–H and O–H groups in total. The Hall–Kier alpha value is -2.66. The second-order valence-corrected chi connectivity index (χ2v) is 4.81. The van der Waals surface area contributed by atoms with Gasteiger partial charge >= 0.3 is 0 Å². The molecule has 0 aliphatic heterocycles. The molecule has 0 radical (unpaired) electrons. The van der Waals surface area contributed by atoms with Crippen LogP contribution < -0.4 is 10.4 Å². The quantitative estimate of drug-likeness (QED) is 0.658. The van der Waals surface area contributed by atoms with Gasteiger partial charge in [0.2, 0.25) is 0 Å². The number of hydrogen-bond donors (Lipinski definition) is 2. The molecule has 2 aromatic carbocycles. The molecule has 0 unspecified atom stereocenters. The van der Waals surface area contributed by atoms with Crippen LogP contribution >= 0.6 is 0 Å². The Balaban J connectivity index is 2.26.